The largest absolute Gasteiger partial charge is 0.394 e. The summed E-state index contributed by atoms with van der Waals surface area (Å²) in [6.45, 7) is 19.1. The predicted molar refractivity (Wildman–Crippen MR) is 131 cm³/mol. The van der Waals surface area contributed by atoms with Gasteiger partial charge in [0, 0.05) is 26.4 Å². The van der Waals surface area contributed by atoms with Gasteiger partial charge in [0.05, 0.1) is 11.1 Å². The molecule has 0 aromatic heterocycles. The summed E-state index contributed by atoms with van der Waals surface area (Å²) in [5.41, 5.74) is -0.327. The summed E-state index contributed by atoms with van der Waals surface area (Å²) in [4.78, 5) is 14.3. The molecule has 0 bridgehead atoms. The lowest BCUT2D eigenvalue weighted by Crippen LogP contribution is -2.55. The second-order valence-corrected chi connectivity index (χ2v) is 14.7. The zero-order valence-corrected chi connectivity index (χ0v) is 23.2. The molecule has 180 valence electrons. The summed E-state index contributed by atoms with van der Waals surface area (Å²) in [5.74, 6) is 0.294. The summed E-state index contributed by atoms with van der Waals surface area (Å²) in [6, 6.07) is 1.71. The van der Waals surface area contributed by atoms with Crippen LogP contribution in [0.5, 0.6) is 0 Å². The molecular formula is C23H50O5Si2. The number of rotatable bonds is 20. The lowest BCUT2D eigenvalue weighted by molar-refractivity contribution is -0.120. The van der Waals surface area contributed by atoms with Gasteiger partial charge in [-0.05, 0) is 52.6 Å². The van der Waals surface area contributed by atoms with Gasteiger partial charge in [0.2, 0.25) is 0 Å². The predicted octanol–water partition coefficient (Wildman–Crippen LogP) is 6.75. The maximum Gasteiger partial charge on any atom is 0.348 e. The topological polar surface area (TPSA) is 54.0 Å². The van der Waals surface area contributed by atoms with E-state index in [9.17, 15) is 4.79 Å². The molecule has 0 amide bonds. The number of hydrogen-bond acceptors (Lipinski definition) is 5. The van der Waals surface area contributed by atoms with E-state index in [1.54, 1.807) is 0 Å². The van der Waals surface area contributed by atoms with Crippen LogP contribution in [-0.4, -0.2) is 49.3 Å². The Bertz CT molecular complexity index is 375. The van der Waals surface area contributed by atoms with E-state index in [-0.39, 0.29) is 11.1 Å². The van der Waals surface area contributed by atoms with E-state index in [4.69, 9.17) is 17.7 Å². The Morgan fingerprint density at radius 1 is 0.567 bits per heavy atom. The van der Waals surface area contributed by atoms with Crippen molar-refractivity contribution in [2.45, 2.75) is 117 Å². The quantitative estimate of drug-likeness (QED) is 0.187. The van der Waals surface area contributed by atoms with Crippen molar-refractivity contribution in [3.05, 3.63) is 0 Å². The van der Waals surface area contributed by atoms with E-state index < -0.39 is 17.1 Å². The zero-order chi connectivity index (χ0) is 23.0. The van der Waals surface area contributed by atoms with E-state index in [2.05, 4.69) is 27.7 Å². The first-order valence-corrected chi connectivity index (χ1v) is 16.7. The second kappa shape index (κ2) is 16.6. The summed E-state index contributed by atoms with van der Waals surface area (Å²) in [6.07, 6.45) is 5.46. The summed E-state index contributed by atoms with van der Waals surface area (Å²) >= 11 is 0. The maximum atomic E-state index is 14.3. The molecular weight excluding hydrogens is 412 g/mol. The van der Waals surface area contributed by atoms with Crippen molar-refractivity contribution in [3.8, 4) is 0 Å². The lowest BCUT2D eigenvalue weighted by atomic mass is 10.1. The summed E-state index contributed by atoms with van der Waals surface area (Å²) < 4.78 is 25.6. The van der Waals surface area contributed by atoms with Crippen LogP contribution in [0.2, 0.25) is 23.2 Å². The Labute approximate surface area is 189 Å². The van der Waals surface area contributed by atoms with Gasteiger partial charge in [0.15, 0.2) is 0 Å². The highest BCUT2D eigenvalue weighted by atomic mass is 28.4. The maximum absolute atomic E-state index is 14.3. The molecule has 2 unspecified atom stereocenters. The summed E-state index contributed by atoms with van der Waals surface area (Å²) in [5, 5.41) is 0. The van der Waals surface area contributed by atoms with Crippen molar-refractivity contribution in [1.82, 2.24) is 0 Å². The molecule has 0 saturated heterocycles. The van der Waals surface area contributed by atoms with E-state index >= 15 is 0 Å². The van der Waals surface area contributed by atoms with Gasteiger partial charge in [-0.1, -0.05) is 53.4 Å². The van der Waals surface area contributed by atoms with Gasteiger partial charge >= 0.3 is 17.1 Å². The SMILES string of the molecule is CCCC(C(=O)C(CCC)[Si](CCC)(OCC)OCC)[Si](CCC)(OCC)OCC. The highest BCUT2D eigenvalue weighted by Crippen LogP contribution is 2.43. The average molecular weight is 463 g/mol. The van der Waals surface area contributed by atoms with Crippen LogP contribution in [0.3, 0.4) is 0 Å². The highest BCUT2D eigenvalue weighted by molar-refractivity contribution is 6.77. The Morgan fingerprint density at radius 2 is 0.867 bits per heavy atom. The standard InChI is InChI=1S/C23H50O5Si2/c1-9-17-21(29(19-11-3,25-13-5)26-14-6)23(24)22(18-10-2)30(20-12-4,27-15-7)28-16-8/h21-22H,9-20H2,1-8H3. The van der Waals surface area contributed by atoms with Crippen molar-refractivity contribution in [3.63, 3.8) is 0 Å². The smallest absolute Gasteiger partial charge is 0.348 e. The fraction of sp³-hybridized carbons (Fsp3) is 0.957. The molecule has 0 aliphatic heterocycles. The summed E-state index contributed by atoms with van der Waals surface area (Å²) in [7, 11) is -5.37. The van der Waals surface area contributed by atoms with Gasteiger partial charge in [-0.25, -0.2) is 0 Å². The molecule has 0 spiro atoms. The molecule has 5 nitrogen and oxygen atoms in total. The zero-order valence-electron chi connectivity index (χ0n) is 21.2. The number of hydrogen-bond donors (Lipinski definition) is 0. The minimum absolute atomic E-state index is 0.163. The first-order chi connectivity index (χ1) is 14.4. The number of Topliss-reactive ketones (excluding diaryl/α,β-unsaturated/α-hetero) is 1. The van der Waals surface area contributed by atoms with E-state index in [1.165, 1.54) is 0 Å². The van der Waals surface area contributed by atoms with Crippen LogP contribution in [0, 0.1) is 0 Å². The Kier molecular flexibility index (Phi) is 16.5. The molecule has 0 aliphatic rings. The Balaban J connectivity index is 6.42. The van der Waals surface area contributed by atoms with Crippen LogP contribution in [0.25, 0.3) is 0 Å². The fourth-order valence-electron chi connectivity index (χ4n) is 4.78. The molecule has 0 N–H and O–H groups in total. The van der Waals surface area contributed by atoms with Gasteiger partial charge in [0.25, 0.3) is 0 Å². The van der Waals surface area contributed by atoms with Crippen molar-refractivity contribution >= 4 is 22.9 Å². The van der Waals surface area contributed by atoms with Gasteiger partial charge in [-0.15, -0.1) is 0 Å². The molecule has 7 heteroatoms. The third-order valence-corrected chi connectivity index (χ3v) is 14.4. The minimum atomic E-state index is -2.69. The third kappa shape index (κ3) is 8.13. The van der Waals surface area contributed by atoms with Crippen LogP contribution in [0.15, 0.2) is 0 Å². The lowest BCUT2D eigenvalue weighted by Gasteiger charge is -2.41. The number of carbonyl (C=O) groups excluding carboxylic acids is 1. The molecule has 0 aromatic rings. The van der Waals surface area contributed by atoms with Gasteiger partial charge < -0.3 is 17.7 Å². The van der Waals surface area contributed by atoms with E-state index in [1.807, 2.05) is 27.7 Å². The molecule has 0 fully saturated rings. The Hall–Kier alpha value is -0.0562. The van der Waals surface area contributed by atoms with Gasteiger partial charge in [-0.3, -0.25) is 4.79 Å². The molecule has 0 radical (unpaired) electrons. The van der Waals surface area contributed by atoms with Crippen LogP contribution in [0.1, 0.15) is 93.9 Å². The third-order valence-electron chi connectivity index (χ3n) is 5.65. The van der Waals surface area contributed by atoms with Crippen LogP contribution in [0.4, 0.5) is 0 Å². The van der Waals surface area contributed by atoms with Crippen molar-refractivity contribution in [2.24, 2.45) is 0 Å². The normalized spacial score (nSPS) is 14.7. The Morgan fingerprint density at radius 3 is 1.07 bits per heavy atom. The molecule has 0 heterocycles. The molecule has 0 saturated carbocycles. The van der Waals surface area contributed by atoms with Crippen molar-refractivity contribution in [2.75, 3.05) is 26.4 Å². The van der Waals surface area contributed by atoms with Crippen molar-refractivity contribution < 1.29 is 22.5 Å². The van der Waals surface area contributed by atoms with Gasteiger partial charge in [0.1, 0.15) is 5.78 Å². The first kappa shape index (κ1) is 29.9. The van der Waals surface area contributed by atoms with E-state index in [0.29, 0.717) is 32.2 Å². The van der Waals surface area contributed by atoms with Crippen LogP contribution >= 0.6 is 0 Å². The molecule has 30 heavy (non-hydrogen) atoms. The molecule has 0 aromatic carbocycles. The van der Waals surface area contributed by atoms with E-state index in [0.717, 1.165) is 50.6 Å². The number of carbonyl (C=O) groups is 1. The average Bonchev–Trinajstić information content (AvgIpc) is 2.70. The van der Waals surface area contributed by atoms with Crippen molar-refractivity contribution in [1.29, 1.82) is 0 Å². The van der Waals surface area contributed by atoms with Gasteiger partial charge in [-0.2, -0.15) is 0 Å². The second-order valence-electron chi connectivity index (χ2n) is 7.94. The monoisotopic (exact) mass is 462 g/mol. The molecule has 0 aliphatic carbocycles. The van der Waals surface area contributed by atoms with Crippen LogP contribution < -0.4 is 0 Å². The first-order valence-electron chi connectivity index (χ1n) is 12.5. The van der Waals surface area contributed by atoms with Crippen LogP contribution in [-0.2, 0) is 22.5 Å². The number of ketones is 1. The highest BCUT2D eigenvalue weighted by Gasteiger charge is 2.55. The fourth-order valence-corrected chi connectivity index (χ4v) is 13.3. The minimum Gasteiger partial charge on any atom is -0.394 e. The molecule has 2 atom stereocenters. The molecule has 0 rings (SSSR count).